The molecule has 3 rings (SSSR count). The van der Waals surface area contributed by atoms with Gasteiger partial charge >= 0.3 is 5.69 Å². The topological polar surface area (TPSA) is 112 Å². The van der Waals surface area contributed by atoms with Crippen molar-refractivity contribution in [3.8, 4) is 16.5 Å². The summed E-state index contributed by atoms with van der Waals surface area (Å²) < 4.78 is 7.13. The van der Waals surface area contributed by atoms with E-state index in [0.717, 1.165) is 16.4 Å². The van der Waals surface area contributed by atoms with Crippen LogP contribution in [0.25, 0.3) is 10.7 Å². The second kappa shape index (κ2) is 7.31. The highest BCUT2D eigenvalue weighted by Crippen LogP contribution is 2.31. The number of benzene rings is 1. The zero-order chi connectivity index (χ0) is 18.7. The van der Waals surface area contributed by atoms with E-state index in [0.29, 0.717) is 5.13 Å². The summed E-state index contributed by atoms with van der Waals surface area (Å²) in [5, 5.41) is 14.0. The highest BCUT2D eigenvalue weighted by molar-refractivity contribution is 7.19. The fourth-order valence-electron chi connectivity index (χ4n) is 2.27. The minimum Gasteiger partial charge on any atom is -0.477 e. The van der Waals surface area contributed by atoms with Crippen LogP contribution in [0.1, 0.15) is 5.69 Å². The number of anilines is 1. The first-order valence-electron chi connectivity index (χ1n) is 7.57. The lowest BCUT2D eigenvalue weighted by atomic mass is 10.3. The maximum Gasteiger partial charge on any atom is 0.310 e. The Morgan fingerprint density at radius 2 is 2.19 bits per heavy atom. The van der Waals surface area contributed by atoms with Crippen LogP contribution >= 0.6 is 11.3 Å². The second-order valence-corrected chi connectivity index (χ2v) is 6.36. The number of rotatable bonds is 6. The molecule has 0 atom stereocenters. The number of carbonyl (C=O) groups excluding carboxylic acids is 1. The van der Waals surface area contributed by atoms with Crippen LogP contribution in [0.3, 0.4) is 0 Å². The molecule has 0 radical (unpaired) electrons. The molecule has 3 aromatic rings. The lowest BCUT2D eigenvalue weighted by Gasteiger charge is -2.06. The largest absolute Gasteiger partial charge is 0.477 e. The van der Waals surface area contributed by atoms with Crippen LogP contribution in [-0.4, -0.2) is 32.0 Å². The minimum atomic E-state index is -0.559. The molecule has 0 aliphatic rings. The Hall–Kier alpha value is -3.27. The number of nitro benzene ring substituents is 1. The molecule has 0 spiro atoms. The molecule has 10 heteroatoms. The number of nitrogens with one attached hydrogen (secondary N) is 1. The molecule has 0 bridgehead atoms. The molecule has 1 amide bonds. The Labute approximate surface area is 152 Å². The summed E-state index contributed by atoms with van der Waals surface area (Å²) in [5.74, 6) is 0.344. The van der Waals surface area contributed by atoms with Crippen molar-refractivity contribution < 1.29 is 14.5 Å². The Morgan fingerprint density at radius 3 is 2.88 bits per heavy atom. The van der Waals surface area contributed by atoms with Crippen molar-refractivity contribution in [2.45, 2.75) is 6.92 Å². The first-order valence-corrected chi connectivity index (χ1v) is 8.38. The minimum absolute atomic E-state index is 0.0386. The van der Waals surface area contributed by atoms with E-state index in [1.807, 2.05) is 24.7 Å². The van der Waals surface area contributed by atoms with E-state index < -0.39 is 10.8 Å². The molecular weight excluding hydrogens is 358 g/mol. The third-order valence-corrected chi connectivity index (χ3v) is 4.56. The van der Waals surface area contributed by atoms with Crippen LogP contribution in [0, 0.1) is 17.0 Å². The van der Waals surface area contributed by atoms with Crippen LogP contribution in [0.2, 0.25) is 0 Å². The van der Waals surface area contributed by atoms with Gasteiger partial charge in [-0.1, -0.05) is 23.5 Å². The van der Waals surface area contributed by atoms with Crippen LogP contribution < -0.4 is 10.1 Å². The van der Waals surface area contributed by atoms with Gasteiger partial charge in [0.15, 0.2) is 23.3 Å². The van der Waals surface area contributed by atoms with Crippen LogP contribution in [0.5, 0.6) is 5.75 Å². The quantitative estimate of drug-likeness (QED) is 0.525. The third-order valence-electron chi connectivity index (χ3n) is 3.49. The Morgan fingerprint density at radius 1 is 1.42 bits per heavy atom. The zero-order valence-corrected chi connectivity index (χ0v) is 14.8. The summed E-state index contributed by atoms with van der Waals surface area (Å²) in [6.07, 6.45) is 3.51. The molecule has 0 saturated heterocycles. The van der Waals surface area contributed by atoms with E-state index in [1.165, 1.54) is 29.5 Å². The Balaban J connectivity index is 1.66. The highest BCUT2D eigenvalue weighted by atomic mass is 32.1. The maximum atomic E-state index is 12.1. The number of hydrogen-bond donors (Lipinski definition) is 1. The van der Waals surface area contributed by atoms with E-state index >= 15 is 0 Å². The lowest BCUT2D eigenvalue weighted by Crippen LogP contribution is -2.20. The van der Waals surface area contributed by atoms with Crippen LogP contribution in [0.15, 0.2) is 36.7 Å². The van der Waals surface area contributed by atoms with E-state index in [-0.39, 0.29) is 18.0 Å². The zero-order valence-electron chi connectivity index (χ0n) is 14.0. The number of nitrogens with zero attached hydrogens (tertiary/aromatic N) is 4. The molecule has 0 aliphatic carbocycles. The maximum absolute atomic E-state index is 12.1. The SMILES string of the molecule is Cc1nc(NC(=O)COc2ccccc2[N+](=O)[O-])sc1-c1nccn1C. The molecule has 9 nitrogen and oxygen atoms in total. The number of aryl methyl sites for hydroxylation is 2. The number of aromatic nitrogens is 3. The fraction of sp³-hybridized carbons (Fsp3) is 0.188. The number of para-hydroxylation sites is 2. The average Bonchev–Trinajstić information content (AvgIpc) is 3.18. The number of imidazole rings is 1. The van der Waals surface area contributed by atoms with Gasteiger partial charge in [0.25, 0.3) is 5.91 Å². The monoisotopic (exact) mass is 373 g/mol. The summed E-state index contributed by atoms with van der Waals surface area (Å²) in [6.45, 7) is 1.47. The van der Waals surface area contributed by atoms with Crippen molar-refractivity contribution in [1.29, 1.82) is 0 Å². The number of amides is 1. The Kier molecular flexibility index (Phi) is 4.94. The summed E-state index contributed by atoms with van der Waals surface area (Å²) in [6, 6.07) is 5.89. The molecular formula is C16H15N5O4S. The van der Waals surface area contributed by atoms with E-state index in [2.05, 4.69) is 15.3 Å². The van der Waals surface area contributed by atoms with Gasteiger partial charge in [0.1, 0.15) is 0 Å². The molecule has 0 unspecified atom stereocenters. The van der Waals surface area contributed by atoms with Gasteiger partial charge in [-0.3, -0.25) is 20.2 Å². The van der Waals surface area contributed by atoms with Crippen molar-refractivity contribution in [2.75, 3.05) is 11.9 Å². The highest BCUT2D eigenvalue weighted by Gasteiger charge is 2.17. The number of thiazole rings is 1. The molecule has 2 aromatic heterocycles. The van der Waals surface area contributed by atoms with Crippen LogP contribution in [0.4, 0.5) is 10.8 Å². The normalized spacial score (nSPS) is 10.5. The lowest BCUT2D eigenvalue weighted by molar-refractivity contribution is -0.385. The van der Waals surface area contributed by atoms with Crippen molar-refractivity contribution in [1.82, 2.24) is 14.5 Å². The molecule has 0 fully saturated rings. The van der Waals surface area contributed by atoms with Gasteiger partial charge in [0.2, 0.25) is 0 Å². The fourth-order valence-corrected chi connectivity index (χ4v) is 3.29. The third kappa shape index (κ3) is 3.70. The van der Waals surface area contributed by atoms with Crippen LogP contribution in [-0.2, 0) is 11.8 Å². The van der Waals surface area contributed by atoms with Gasteiger partial charge in [0.05, 0.1) is 15.5 Å². The molecule has 0 saturated carbocycles. The van der Waals surface area contributed by atoms with Crippen molar-refractivity contribution in [2.24, 2.45) is 7.05 Å². The van der Waals surface area contributed by atoms with Gasteiger partial charge in [-0.25, -0.2) is 9.97 Å². The van der Waals surface area contributed by atoms with Gasteiger partial charge in [0, 0.05) is 25.5 Å². The first-order chi connectivity index (χ1) is 12.5. The standard InChI is InChI=1S/C16H15N5O4S/c1-10-14(15-17-7-8-20(15)2)26-16(18-10)19-13(22)9-25-12-6-4-3-5-11(12)21(23)24/h3-8H,9H2,1-2H3,(H,18,19,22). The van der Waals surface area contributed by atoms with Gasteiger partial charge in [-0.05, 0) is 13.0 Å². The molecule has 26 heavy (non-hydrogen) atoms. The van der Waals surface area contributed by atoms with E-state index in [9.17, 15) is 14.9 Å². The predicted octanol–water partition coefficient (Wildman–Crippen LogP) is 2.78. The van der Waals surface area contributed by atoms with E-state index in [1.54, 1.807) is 12.3 Å². The average molecular weight is 373 g/mol. The first kappa shape index (κ1) is 17.5. The molecule has 2 heterocycles. The van der Waals surface area contributed by atoms with Crippen molar-refractivity contribution >= 4 is 28.1 Å². The molecule has 1 aromatic carbocycles. The summed E-state index contributed by atoms with van der Waals surface area (Å²) in [5.41, 5.74) is 0.557. The second-order valence-electron chi connectivity index (χ2n) is 5.36. The Bertz CT molecular complexity index is 965. The van der Waals surface area contributed by atoms with Gasteiger partial charge in [-0.15, -0.1) is 0 Å². The predicted molar refractivity (Wildman–Crippen MR) is 96.3 cm³/mol. The van der Waals surface area contributed by atoms with Gasteiger partial charge in [-0.2, -0.15) is 0 Å². The number of ether oxygens (including phenoxy) is 1. The molecule has 134 valence electrons. The van der Waals surface area contributed by atoms with Crippen molar-refractivity contribution in [3.05, 3.63) is 52.5 Å². The van der Waals surface area contributed by atoms with Gasteiger partial charge < -0.3 is 9.30 Å². The molecule has 0 aliphatic heterocycles. The number of carbonyl (C=O) groups is 1. The molecule has 1 N–H and O–H groups in total. The summed E-state index contributed by atoms with van der Waals surface area (Å²) >= 11 is 1.30. The summed E-state index contributed by atoms with van der Waals surface area (Å²) in [7, 11) is 1.88. The number of nitro groups is 1. The van der Waals surface area contributed by atoms with E-state index in [4.69, 9.17) is 4.74 Å². The van der Waals surface area contributed by atoms with Crippen molar-refractivity contribution in [3.63, 3.8) is 0 Å². The number of hydrogen-bond acceptors (Lipinski definition) is 7. The smallest absolute Gasteiger partial charge is 0.310 e. The summed E-state index contributed by atoms with van der Waals surface area (Å²) in [4.78, 5) is 31.9.